The van der Waals surface area contributed by atoms with Crippen LogP contribution in [0.4, 0.5) is 4.79 Å². The minimum absolute atomic E-state index is 0.0202. The maximum Gasteiger partial charge on any atom is 0.410 e. The van der Waals surface area contributed by atoms with Gasteiger partial charge in [0, 0.05) is 16.1 Å². The minimum Gasteiger partial charge on any atom is -0.492 e. The first-order valence-corrected chi connectivity index (χ1v) is 19.3. The number of amides is 1. The van der Waals surface area contributed by atoms with Gasteiger partial charge in [-0.2, -0.15) is 0 Å². The second kappa shape index (κ2) is 15.8. The van der Waals surface area contributed by atoms with Gasteiger partial charge in [-0.3, -0.25) is 9.80 Å². The highest BCUT2D eigenvalue weighted by molar-refractivity contribution is 7.22. The summed E-state index contributed by atoms with van der Waals surface area (Å²) in [6, 6.07) is 34.0. The monoisotopic (exact) mass is 702 g/mol. The maximum absolute atomic E-state index is 12.3. The molecule has 8 rings (SSSR count). The quantitative estimate of drug-likeness (QED) is 0.122. The van der Waals surface area contributed by atoms with E-state index in [4.69, 9.17) is 18.9 Å². The molecule has 0 N–H and O–H groups in total. The summed E-state index contributed by atoms with van der Waals surface area (Å²) >= 11 is 1.82. The number of benzene rings is 4. The summed E-state index contributed by atoms with van der Waals surface area (Å²) in [5, 5.41) is 1.25. The summed E-state index contributed by atoms with van der Waals surface area (Å²) in [5.74, 6) is 2.63. The van der Waals surface area contributed by atoms with E-state index in [0.29, 0.717) is 26.4 Å². The molecule has 2 aliphatic heterocycles. The van der Waals surface area contributed by atoms with Gasteiger partial charge in [-0.05, 0) is 134 Å². The molecule has 1 saturated carbocycles. The van der Waals surface area contributed by atoms with Crippen LogP contribution in [0.15, 0.2) is 97.1 Å². The molecule has 3 fully saturated rings. The van der Waals surface area contributed by atoms with Crippen LogP contribution in [0.2, 0.25) is 0 Å². The van der Waals surface area contributed by atoms with Crippen molar-refractivity contribution in [3.8, 4) is 27.7 Å². The van der Waals surface area contributed by atoms with Crippen molar-refractivity contribution < 1.29 is 23.7 Å². The number of likely N-dealkylation sites (tertiary alicyclic amines) is 1. The molecule has 0 spiro atoms. The molecule has 2 atom stereocenters. The van der Waals surface area contributed by atoms with E-state index in [1.807, 2.05) is 34.4 Å². The minimum atomic E-state index is -0.209. The number of thiophene rings is 1. The van der Waals surface area contributed by atoms with Crippen molar-refractivity contribution in [2.45, 2.75) is 63.7 Å². The lowest BCUT2D eigenvalue weighted by atomic mass is 9.91. The summed E-state index contributed by atoms with van der Waals surface area (Å²) < 4.78 is 25.4. The van der Waals surface area contributed by atoms with Crippen LogP contribution in [-0.2, 0) is 17.8 Å². The largest absolute Gasteiger partial charge is 0.492 e. The normalized spacial score (nSPS) is 19.4. The third kappa shape index (κ3) is 8.03. The van der Waals surface area contributed by atoms with E-state index >= 15 is 0 Å². The Morgan fingerprint density at radius 1 is 0.745 bits per heavy atom. The molecule has 2 saturated heterocycles. The Hall–Kier alpha value is -4.53. The van der Waals surface area contributed by atoms with E-state index in [2.05, 4.69) is 83.8 Å². The molecule has 1 aliphatic carbocycles. The third-order valence-corrected chi connectivity index (χ3v) is 11.7. The number of cyclic esters (lactones) is 1. The summed E-state index contributed by atoms with van der Waals surface area (Å²) in [6.07, 6.45) is 7.27. The molecular formula is C43H46N2O5S. The van der Waals surface area contributed by atoms with Gasteiger partial charge >= 0.3 is 6.09 Å². The number of rotatable bonds is 13. The molecule has 264 valence electrons. The molecule has 0 unspecified atom stereocenters. The molecule has 1 amide bonds. The molecule has 0 radical (unpaired) electrons. The van der Waals surface area contributed by atoms with Gasteiger partial charge in [0.05, 0.1) is 12.6 Å². The van der Waals surface area contributed by atoms with Crippen molar-refractivity contribution in [2.24, 2.45) is 0 Å². The summed E-state index contributed by atoms with van der Waals surface area (Å²) in [7, 11) is 0. The molecule has 4 aromatic carbocycles. The van der Waals surface area contributed by atoms with Crippen molar-refractivity contribution in [1.82, 2.24) is 9.80 Å². The van der Waals surface area contributed by atoms with Crippen molar-refractivity contribution in [3.63, 3.8) is 0 Å². The second-order valence-electron chi connectivity index (χ2n) is 13.9. The lowest BCUT2D eigenvalue weighted by Crippen LogP contribution is -2.48. The van der Waals surface area contributed by atoms with E-state index < -0.39 is 0 Å². The molecule has 51 heavy (non-hydrogen) atoms. The lowest BCUT2D eigenvalue weighted by molar-refractivity contribution is 0.0572. The molecule has 3 heterocycles. The smallest absolute Gasteiger partial charge is 0.410 e. The molecule has 8 heteroatoms. The van der Waals surface area contributed by atoms with Gasteiger partial charge in [0.15, 0.2) is 0 Å². The maximum atomic E-state index is 12.3. The fourth-order valence-electron chi connectivity index (χ4n) is 7.71. The highest BCUT2D eigenvalue weighted by Crippen LogP contribution is 2.42. The van der Waals surface area contributed by atoms with Crippen molar-refractivity contribution in [2.75, 3.05) is 39.4 Å². The molecule has 7 nitrogen and oxygen atoms in total. The predicted molar refractivity (Wildman–Crippen MR) is 203 cm³/mol. The number of hydrogen-bond donors (Lipinski definition) is 0. The van der Waals surface area contributed by atoms with Crippen LogP contribution in [0.5, 0.6) is 17.2 Å². The van der Waals surface area contributed by atoms with Crippen molar-refractivity contribution in [3.05, 3.63) is 114 Å². The fourth-order valence-corrected chi connectivity index (χ4v) is 8.97. The van der Waals surface area contributed by atoms with Crippen molar-refractivity contribution >= 4 is 27.5 Å². The zero-order valence-corrected chi connectivity index (χ0v) is 30.0. The Morgan fingerprint density at radius 2 is 1.51 bits per heavy atom. The molecule has 3 aliphatic rings. The number of carbonyl (C=O) groups excluding carboxylic acids is 1. The summed E-state index contributed by atoms with van der Waals surface area (Å²) in [6.45, 7) is 5.71. The zero-order chi connectivity index (χ0) is 34.4. The van der Waals surface area contributed by atoms with Gasteiger partial charge < -0.3 is 18.9 Å². The Balaban J connectivity index is 1.01. The topological polar surface area (TPSA) is 60.5 Å². The van der Waals surface area contributed by atoms with Crippen LogP contribution >= 0.6 is 11.3 Å². The first-order chi connectivity index (χ1) is 25.2. The number of fused-ring (bicyclic) bond motifs is 1. The van der Waals surface area contributed by atoms with Gasteiger partial charge in [-0.25, -0.2) is 4.79 Å². The SMILES string of the molecule is O=C1OCCN1[C@@H]1CCCC[C@H]1Oc1ccc(Cc2c(-c3ccc(OCCN4CCCC4)cc3)sc3cc(OCc4ccccc4)ccc23)cc1. The van der Waals surface area contributed by atoms with Gasteiger partial charge in [-0.1, -0.05) is 48.9 Å². The Bertz CT molecular complexity index is 1900. The van der Waals surface area contributed by atoms with E-state index in [-0.39, 0.29) is 18.2 Å². The van der Waals surface area contributed by atoms with Gasteiger partial charge in [-0.15, -0.1) is 11.3 Å². The zero-order valence-electron chi connectivity index (χ0n) is 29.1. The van der Waals surface area contributed by atoms with Gasteiger partial charge in [0.2, 0.25) is 0 Å². The number of hydrogen-bond acceptors (Lipinski definition) is 7. The second-order valence-corrected chi connectivity index (χ2v) is 15.0. The average Bonchev–Trinajstić information content (AvgIpc) is 3.93. The van der Waals surface area contributed by atoms with E-state index in [9.17, 15) is 4.79 Å². The molecule has 1 aromatic heterocycles. The van der Waals surface area contributed by atoms with E-state index in [0.717, 1.165) is 61.5 Å². The first kappa shape index (κ1) is 33.6. The Labute approximate surface area is 304 Å². The van der Waals surface area contributed by atoms with Gasteiger partial charge in [0.1, 0.15) is 43.2 Å². The standard InChI is InChI=1S/C43H46N2O5S/c46-43-45(25-27-48-43)39-10-4-5-11-40(39)50-35-16-12-31(13-17-35)28-38-37-21-20-36(49-30-32-8-2-1-3-9-32)29-41(37)51-42(38)33-14-18-34(19-15-33)47-26-24-44-22-6-7-23-44/h1-3,8-9,12-21,29,39-40H,4-7,10-11,22-28,30H2/t39-,40-/m1/s1. The molecular weight excluding hydrogens is 657 g/mol. The van der Waals surface area contributed by atoms with Crippen LogP contribution in [0, 0.1) is 0 Å². The lowest BCUT2D eigenvalue weighted by Gasteiger charge is -2.36. The Kier molecular flexibility index (Phi) is 10.4. The van der Waals surface area contributed by atoms with E-state index in [1.165, 1.54) is 57.6 Å². The number of carbonyl (C=O) groups is 1. The first-order valence-electron chi connectivity index (χ1n) is 18.5. The summed E-state index contributed by atoms with van der Waals surface area (Å²) in [5.41, 5.74) is 4.87. The fraction of sp³-hybridized carbons (Fsp3) is 0.372. The van der Waals surface area contributed by atoms with Crippen LogP contribution in [-0.4, -0.2) is 67.4 Å². The highest BCUT2D eigenvalue weighted by atomic mass is 32.1. The van der Waals surface area contributed by atoms with E-state index in [1.54, 1.807) is 0 Å². The van der Waals surface area contributed by atoms with Crippen LogP contribution in [0.3, 0.4) is 0 Å². The highest BCUT2D eigenvalue weighted by Gasteiger charge is 2.37. The van der Waals surface area contributed by atoms with Crippen LogP contribution < -0.4 is 14.2 Å². The number of nitrogens with zero attached hydrogens (tertiary/aromatic N) is 2. The third-order valence-electron chi connectivity index (χ3n) is 10.5. The average molecular weight is 703 g/mol. The Morgan fingerprint density at radius 3 is 2.29 bits per heavy atom. The number of ether oxygens (including phenoxy) is 4. The van der Waals surface area contributed by atoms with Crippen LogP contribution in [0.1, 0.15) is 55.2 Å². The van der Waals surface area contributed by atoms with Crippen LogP contribution in [0.25, 0.3) is 20.5 Å². The predicted octanol–water partition coefficient (Wildman–Crippen LogP) is 9.35. The molecule has 5 aromatic rings. The van der Waals surface area contributed by atoms with Crippen molar-refractivity contribution in [1.29, 1.82) is 0 Å². The van der Waals surface area contributed by atoms with Gasteiger partial charge in [0.25, 0.3) is 0 Å². The molecule has 0 bridgehead atoms. The summed E-state index contributed by atoms with van der Waals surface area (Å²) in [4.78, 5) is 17.9.